The normalized spacial score (nSPS) is 11.3. The molecule has 6 rings (SSSR count). The third kappa shape index (κ3) is 5.09. The smallest absolute Gasteiger partial charge is 0.338 e. The molecule has 0 bridgehead atoms. The van der Waals surface area contributed by atoms with E-state index >= 15 is 4.39 Å². The molecule has 0 radical (unpaired) electrons. The maximum atomic E-state index is 15.2. The Hall–Kier alpha value is -4.70. The highest BCUT2D eigenvalue weighted by Crippen LogP contribution is 2.40. The molecule has 0 aliphatic carbocycles. The summed E-state index contributed by atoms with van der Waals surface area (Å²) in [6.07, 6.45) is 1.49. The Morgan fingerprint density at radius 3 is 2.68 bits per heavy atom. The van der Waals surface area contributed by atoms with Gasteiger partial charge in [0.25, 0.3) is 5.56 Å². The van der Waals surface area contributed by atoms with E-state index in [0.29, 0.717) is 48.0 Å². The fraction of sp³-hybridized carbons (Fsp3) is 0.161. The summed E-state index contributed by atoms with van der Waals surface area (Å²) in [5.41, 5.74) is 2.02. The summed E-state index contributed by atoms with van der Waals surface area (Å²) in [6, 6.07) is 10.1. The number of pyridine rings is 1. The minimum Gasteiger partial charge on any atom is -0.491 e. The van der Waals surface area contributed by atoms with Crippen LogP contribution in [0.1, 0.15) is 32.4 Å². The number of nitriles is 1. The largest absolute Gasteiger partial charge is 0.491 e. The Bertz CT molecular complexity index is 2250. The van der Waals surface area contributed by atoms with E-state index in [0.717, 1.165) is 5.56 Å². The summed E-state index contributed by atoms with van der Waals surface area (Å²) in [4.78, 5) is 39.0. The van der Waals surface area contributed by atoms with Gasteiger partial charge < -0.3 is 9.84 Å². The number of rotatable bonds is 7. The SMILES string of the molecule is Cc1cc(-c2cc(Cl)ccc2OCCn2c(C)nc3cc(F)c(-c4cnc(C)s4)c(C#N)c3c2=O)c2scc(C(=O)O)c2n1. The van der Waals surface area contributed by atoms with Crippen LogP contribution in [0.3, 0.4) is 0 Å². The van der Waals surface area contributed by atoms with Gasteiger partial charge in [-0.05, 0) is 45.0 Å². The minimum atomic E-state index is -1.07. The molecule has 1 N–H and O–H groups in total. The highest BCUT2D eigenvalue weighted by molar-refractivity contribution is 7.18. The summed E-state index contributed by atoms with van der Waals surface area (Å²) in [6.45, 7) is 5.31. The Balaban J connectivity index is 1.38. The predicted molar refractivity (Wildman–Crippen MR) is 169 cm³/mol. The Morgan fingerprint density at radius 1 is 1.18 bits per heavy atom. The van der Waals surface area contributed by atoms with Crippen LogP contribution in [0.5, 0.6) is 5.75 Å². The number of carboxylic acid groups (broad SMARTS) is 1. The molecule has 6 aromatic rings. The molecule has 9 nitrogen and oxygen atoms in total. The van der Waals surface area contributed by atoms with Crippen molar-refractivity contribution in [3.05, 3.63) is 90.8 Å². The number of carboxylic acids is 1. The van der Waals surface area contributed by atoms with Crippen LogP contribution >= 0.6 is 34.3 Å². The van der Waals surface area contributed by atoms with Crippen LogP contribution in [-0.2, 0) is 6.54 Å². The molecule has 13 heteroatoms. The van der Waals surface area contributed by atoms with Crippen LogP contribution in [0.4, 0.5) is 4.39 Å². The number of nitrogens with zero attached hydrogens (tertiary/aromatic N) is 5. The number of hydrogen-bond donors (Lipinski definition) is 1. The number of benzene rings is 2. The van der Waals surface area contributed by atoms with Crippen molar-refractivity contribution < 1.29 is 19.0 Å². The summed E-state index contributed by atoms with van der Waals surface area (Å²) < 4.78 is 23.4. The number of aryl methyl sites for hydroxylation is 3. The van der Waals surface area contributed by atoms with Gasteiger partial charge in [0.05, 0.1) is 48.7 Å². The lowest BCUT2D eigenvalue weighted by atomic mass is 10.0. The van der Waals surface area contributed by atoms with E-state index < -0.39 is 17.3 Å². The zero-order chi connectivity index (χ0) is 31.3. The molecule has 4 heterocycles. The molecule has 2 aromatic carbocycles. The van der Waals surface area contributed by atoms with Crippen LogP contribution in [-0.4, -0.2) is 37.2 Å². The van der Waals surface area contributed by atoms with Crippen molar-refractivity contribution in [2.24, 2.45) is 0 Å². The second-order valence-corrected chi connectivity index (χ2v) is 12.5. The molecule has 4 aromatic heterocycles. The van der Waals surface area contributed by atoms with Crippen molar-refractivity contribution in [1.82, 2.24) is 19.5 Å². The van der Waals surface area contributed by atoms with Crippen molar-refractivity contribution in [3.8, 4) is 33.4 Å². The molecule has 0 spiro atoms. The van der Waals surface area contributed by atoms with Gasteiger partial charge >= 0.3 is 5.97 Å². The van der Waals surface area contributed by atoms with Crippen LogP contribution < -0.4 is 10.3 Å². The molecular weight excluding hydrogens is 625 g/mol. The monoisotopic (exact) mass is 645 g/mol. The molecular formula is C31H21ClFN5O4S2. The van der Waals surface area contributed by atoms with E-state index in [1.54, 1.807) is 44.4 Å². The van der Waals surface area contributed by atoms with E-state index in [-0.39, 0.29) is 40.7 Å². The lowest BCUT2D eigenvalue weighted by Gasteiger charge is -2.16. The highest BCUT2D eigenvalue weighted by Gasteiger charge is 2.23. The van der Waals surface area contributed by atoms with Crippen LogP contribution in [0, 0.1) is 37.9 Å². The standard InChI is InChI=1S/C31H21ClFN5O4S2/c1-14-8-19(29-28(36-14)21(13-43-29)31(40)41)18-9-17(32)4-5-24(18)42-7-6-38-15(2)37-23-10-22(33)26(25-12-35-16(3)44-25)20(11-34)27(23)30(38)39/h4-5,8-10,12-13H,6-7H2,1-3H3,(H,40,41). The molecule has 0 atom stereocenters. The molecule has 0 fully saturated rings. The highest BCUT2D eigenvalue weighted by atomic mass is 35.5. The van der Waals surface area contributed by atoms with E-state index in [4.69, 9.17) is 16.3 Å². The summed E-state index contributed by atoms with van der Waals surface area (Å²) in [5.74, 6) is -0.918. The maximum absolute atomic E-state index is 15.2. The molecule has 220 valence electrons. The van der Waals surface area contributed by atoms with E-state index in [1.165, 1.54) is 39.5 Å². The second kappa shape index (κ2) is 11.4. The van der Waals surface area contributed by atoms with Gasteiger partial charge in [0.2, 0.25) is 0 Å². The number of aromatic carboxylic acids is 1. The Kier molecular flexibility index (Phi) is 7.63. The van der Waals surface area contributed by atoms with Crippen LogP contribution in [0.25, 0.3) is 42.7 Å². The fourth-order valence-corrected chi connectivity index (χ4v) is 7.14. The lowest BCUT2D eigenvalue weighted by molar-refractivity contribution is 0.0699. The fourth-order valence-electron chi connectivity index (χ4n) is 5.13. The van der Waals surface area contributed by atoms with Gasteiger partial charge in [0, 0.05) is 45.1 Å². The summed E-state index contributed by atoms with van der Waals surface area (Å²) >= 11 is 8.86. The van der Waals surface area contributed by atoms with Crippen LogP contribution in [0.2, 0.25) is 5.02 Å². The number of fused-ring (bicyclic) bond motifs is 2. The number of thiazole rings is 1. The molecule has 0 saturated carbocycles. The van der Waals surface area contributed by atoms with Crippen molar-refractivity contribution >= 4 is 61.4 Å². The number of halogens is 2. The number of carbonyl (C=O) groups is 1. The predicted octanol–water partition coefficient (Wildman–Crippen LogP) is 7.16. The third-order valence-electron chi connectivity index (χ3n) is 7.06. The van der Waals surface area contributed by atoms with Crippen molar-refractivity contribution in [2.45, 2.75) is 27.3 Å². The molecule has 0 unspecified atom stereocenters. The van der Waals surface area contributed by atoms with Gasteiger partial charge in [-0.2, -0.15) is 5.26 Å². The number of hydrogen-bond acceptors (Lipinski definition) is 9. The van der Waals surface area contributed by atoms with Gasteiger partial charge in [0.1, 0.15) is 30.1 Å². The Morgan fingerprint density at radius 2 is 1.98 bits per heavy atom. The zero-order valence-electron chi connectivity index (χ0n) is 23.4. The molecule has 0 amide bonds. The first-order valence-corrected chi connectivity index (χ1v) is 15.3. The average molecular weight is 646 g/mol. The molecule has 0 aliphatic rings. The maximum Gasteiger partial charge on any atom is 0.338 e. The summed E-state index contributed by atoms with van der Waals surface area (Å²) in [7, 11) is 0. The van der Waals surface area contributed by atoms with Gasteiger partial charge in [0.15, 0.2) is 0 Å². The van der Waals surface area contributed by atoms with Gasteiger partial charge in [-0.15, -0.1) is 22.7 Å². The van der Waals surface area contributed by atoms with E-state index in [2.05, 4.69) is 15.0 Å². The molecule has 0 aliphatic heterocycles. The number of aromatic nitrogens is 4. The number of ether oxygens (including phenoxy) is 1. The van der Waals surface area contributed by atoms with Crippen molar-refractivity contribution in [3.63, 3.8) is 0 Å². The Labute approximate surface area is 262 Å². The summed E-state index contributed by atoms with van der Waals surface area (Å²) in [5, 5.41) is 22.4. The van der Waals surface area contributed by atoms with Gasteiger partial charge in [-0.25, -0.2) is 19.2 Å². The van der Waals surface area contributed by atoms with Gasteiger partial charge in [-0.1, -0.05) is 11.6 Å². The lowest BCUT2D eigenvalue weighted by Crippen LogP contribution is -2.27. The van der Waals surface area contributed by atoms with Crippen LogP contribution in [0.15, 0.2) is 46.7 Å². The van der Waals surface area contributed by atoms with Gasteiger partial charge in [-0.3, -0.25) is 14.3 Å². The minimum absolute atomic E-state index is 0.0225. The first kappa shape index (κ1) is 29.4. The molecule has 0 saturated heterocycles. The third-order valence-corrected chi connectivity index (χ3v) is 9.22. The van der Waals surface area contributed by atoms with E-state index in [9.17, 15) is 20.0 Å². The van der Waals surface area contributed by atoms with Crippen molar-refractivity contribution in [2.75, 3.05) is 6.61 Å². The second-order valence-electron chi connectivity index (χ2n) is 9.91. The first-order valence-electron chi connectivity index (χ1n) is 13.2. The number of thiophene rings is 1. The quantitative estimate of drug-likeness (QED) is 0.193. The van der Waals surface area contributed by atoms with Crippen molar-refractivity contribution in [1.29, 1.82) is 5.26 Å². The average Bonchev–Trinajstić information content (AvgIpc) is 3.60. The zero-order valence-corrected chi connectivity index (χ0v) is 25.8. The molecule has 44 heavy (non-hydrogen) atoms. The van der Waals surface area contributed by atoms with E-state index in [1.807, 2.05) is 12.1 Å². The first-order chi connectivity index (χ1) is 21.1. The topological polar surface area (TPSA) is 131 Å².